The highest BCUT2D eigenvalue weighted by Crippen LogP contribution is 2.07. The molecular formula is C17H24O3. The van der Waals surface area contributed by atoms with Crippen molar-refractivity contribution in [3.8, 4) is 0 Å². The second-order valence-corrected chi connectivity index (χ2v) is 4.57. The Morgan fingerprint density at radius 2 is 1.95 bits per heavy atom. The number of hydrogen-bond acceptors (Lipinski definition) is 3. The zero-order valence-corrected chi connectivity index (χ0v) is 12.2. The van der Waals surface area contributed by atoms with Gasteiger partial charge in [-0.15, -0.1) is 0 Å². The number of allylic oxidation sites excluding steroid dienone is 1. The highest BCUT2D eigenvalue weighted by Gasteiger charge is 1.98. The Labute approximate surface area is 121 Å². The number of unbranched alkanes of at least 4 members (excludes halogenated alkanes) is 3. The predicted octanol–water partition coefficient (Wildman–Crippen LogP) is 3.88. The summed E-state index contributed by atoms with van der Waals surface area (Å²) >= 11 is 0. The Balaban J connectivity index is 1.93. The lowest BCUT2D eigenvalue weighted by molar-refractivity contribution is -0.146. The number of aryl methyl sites for hydroxylation is 1. The van der Waals surface area contributed by atoms with Crippen LogP contribution in [0.25, 0.3) is 0 Å². The minimum atomic E-state index is -0.319. The lowest BCUT2D eigenvalue weighted by atomic mass is 10.1. The summed E-state index contributed by atoms with van der Waals surface area (Å²) in [4.78, 5) is 11.0. The van der Waals surface area contributed by atoms with Gasteiger partial charge < -0.3 is 9.47 Å². The third kappa shape index (κ3) is 8.35. The summed E-state index contributed by atoms with van der Waals surface area (Å²) in [5.74, 6) is -0.319. The molecule has 0 fully saturated rings. The number of benzene rings is 1. The minimum Gasteiger partial charge on any atom is -0.490 e. The van der Waals surface area contributed by atoms with Crippen molar-refractivity contribution in [3.63, 3.8) is 0 Å². The molecule has 0 saturated carbocycles. The van der Waals surface area contributed by atoms with Gasteiger partial charge in [-0.05, 0) is 44.2 Å². The van der Waals surface area contributed by atoms with Gasteiger partial charge in [0.1, 0.15) is 0 Å². The smallest absolute Gasteiger partial charge is 0.344 e. The summed E-state index contributed by atoms with van der Waals surface area (Å²) < 4.78 is 9.81. The van der Waals surface area contributed by atoms with Gasteiger partial charge in [0.15, 0.2) is 6.61 Å². The maximum absolute atomic E-state index is 11.0. The third-order valence-corrected chi connectivity index (χ3v) is 2.88. The maximum atomic E-state index is 11.0. The zero-order chi connectivity index (χ0) is 14.5. The summed E-state index contributed by atoms with van der Waals surface area (Å²) in [6.07, 6.45) is 9.24. The molecule has 110 valence electrons. The van der Waals surface area contributed by atoms with E-state index in [-0.39, 0.29) is 12.6 Å². The second kappa shape index (κ2) is 11.1. The SMILES string of the molecule is CCOC(=O)COC=CCCCCCc1ccccc1. The van der Waals surface area contributed by atoms with Crippen LogP contribution in [-0.2, 0) is 20.7 Å². The van der Waals surface area contributed by atoms with Crippen LogP contribution in [0.4, 0.5) is 0 Å². The van der Waals surface area contributed by atoms with Gasteiger partial charge in [-0.1, -0.05) is 36.8 Å². The van der Waals surface area contributed by atoms with Crippen molar-refractivity contribution in [3.05, 3.63) is 48.2 Å². The van der Waals surface area contributed by atoms with E-state index in [1.165, 1.54) is 18.4 Å². The molecule has 3 heteroatoms. The van der Waals surface area contributed by atoms with E-state index in [0.29, 0.717) is 6.61 Å². The van der Waals surface area contributed by atoms with Crippen molar-refractivity contribution < 1.29 is 14.3 Å². The molecule has 0 saturated heterocycles. The molecule has 0 amide bonds. The largest absolute Gasteiger partial charge is 0.490 e. The standard InChI is InChI=1S/C17H24O3/c1-2-20-17(18)15-19-14-10-5-3-4-7-11-16-12-8-6-9-13-16/h6,8-10,12-14H,2-5,7,11,15H2,1H3. The molecule has 1 aromatic rings. The lowest BCUT2D eigenvalue weighted by Crippen LogP contribution is -2.09. The van der Waals surface area contributed by atoms with Crippen molar-refractivity contribution in [2.45, 2.75) is 39.0 Å². The van der Waals surface area contributed by atoms with Crippen molar-refractivity contribution >= 4 is 5.97 Å². The molecule has 0 aliphatic rings. The van der Waals surface area contributed by atoms with E-state index in [9.17, 15) is 4.79 Å². The van der Waals surface area contributed by atoms with Crippen LogP contribution in [0, 0.1) is 0 Å². The first kappa shape index (κ1) is 16.3. The summed E-state index contributed by atoms with van der Waals surface area (Å²) in [5, 5.41) is 0. The maximum Gasteiger partial charge on any atom is 0.344 e. The Morgan fingerprint density at radius 1 is 1.15 bits per heavy atom. The lowest BCUT2D eigenvalue weighted by Gasteiger charge is -2.01. The van der Waals surface area contributed by atoms with Crippen molar-refractivity contribution in [1.29, 1.82) is 0 Å². The van der Waals surface area contributed by atoms with Crippen LogP contribution in [0.1, 0.15) is 38.2 Å². The normalized spacial score (nSPS) is 10.7. The molecule has 3 nitrogen and oxygen atoms in total. The topological polar surface area (TPSA) is 35.5 Å². The summed E-state index contributed by atoms with van der Waals surface area (Å²) in [7, 11) is 0. The monoisotopic (exact) mass is 276 g/mol. The van der Waals surface area contributed by atoms with E-state index in [2.05, 4.69) is 24.3 Å². The van der Waals surface area contributed by atoms with E-state index < -0.39 is 0 Å². The van der Waals surface area contributed by atoms with Crippen LogP contribution in [0.3, 0.4) is 0 Å². The van der Waals surface area contributed by atoms with Gasteiger partial charge in [0, 0.05) is 0 Å². The van der Waals surface area contributed by atoms with Crippen LogP contribution < -0.4 is 0 Å². The van der Waals surface area contributed by atoms with Gasteiger partial charge in [0.05, 0.1) is 12.9 Å². The van der Waals surface area contributed by atoms with E-state index in [1.54, 1.807) is 13.2 Å². The molecule has 1 aromatic carbocycles. The first-order valence-corrected chi connectivity index (χ1v) is 7.29. The number of hydrogen-bond donors (Lipinski definition) is 0. The summed E-state index contributed by atoms with van der Waals surface area (Å²) in [5.41, 5.74) is 1.40. The Morgan fingerprint density at radius 3 is 2.70 bits per heavy atom. The number of ether oxygens (including phenoxy) is 2. The van der Waals surface area contributed by atoms with Crippen LogP contribution in [0.5, 0.6) is 0 Å². The molecule has 0 aliphatic carbocycles. The molecule has 0 unspecified atom stereocenters. The number of carbonyl (C=O) groups is 1. The van der Waals surface area contributed by atoms with Gasteiger partial charge in [0.25, 0.3) is 0 Å². The highest BCUT2D eigenvalue weighted by molar-refractivity contribution is 5.70. The van der Waals surface area contributed by atoms with E-state index in [0.717, 1.165) is 19.3 Å². The van der Waals surface area contributed by atoms with Crippen molar-refractivity contribution in [1.82, 2.24) is 0 Å². The van der Waals surface area contributed by atoms with E-state index in [1.807, 2.05) is 12.1 Å². The molecule has 0 atom stereocenters. The molecule has 0 aliphatic heterocycles. The Bertz CT molecular complexity index is 384. The van der Waals surface area contributed by atoms with Gasteiger partial charge in [-0.3, -0.25) is 0 Å². The molecule has 0 heterocycles. The Hall–Kier alpha value is -1.77. The van der Waals surface area contributed by atoms with Crippen LogP contribution in [-0.4, -0.2) is 19.2 Å². The molecule has 0 radical (unpaired) electrons. The van der Waals surface area contributed by atoms with Crippen LogP contribution in [0.2, 0.25) is 0 Å². The van der Waals surface area contributed by atoms with Gasteiger partial charge in [-0.2, -0.15) is 0 Å². The van der Waals surface area contributed by atoms with Crippen LogP contribution >= 0.6 is 0 Å². The number of esters is 1. The molecular weight excluding hydrogens is 252 g/mol. The molecule has 0 aromatic heterocycles. The van der Waals surface area contributed by atoms with E-state index in [4.69, 9.17) is 9.47 Å². The third-order valence-electron chi connectivity index (χ3n) is 2.88. The van der Waals surface area contributed by atoms with Gasteiger partial charge >= 0.3 is 5.97 Å². The zero-order valence-electron chi connectivity index (χ0n) is 12.2. The fourth-order valence-electron chi connectivity index (χ4n) is 1.87. The fourth-order valence-corrected chi connectivity index (χ4v) is 1.87. The van der Waals surface area contributed by atoms with Crippen molar-refractivity contribution in [2.24, 2.45) is 0 Å². The van der Waals surface area contributed by atoms with Gasteiger partial charge in [-0.25, -0.2) is 4.79 Å². The second-order valence-electron chi connectivity index (χ2n) is 4.57. The first-order chi connectivity index (χ1) is 9.83. The van der Waals surface area contributed by atoms with Gasteiger partial charge in [0.2, 0.25) is 0 Å². The van der Waals surface area contributed by atoms with Crippen molar-refractivity contribution in [2.75, 3.05) is 13.2 Å². The highest BCUT2D eigenvalue weighted by atomic mass is 16.6. The number of carbonyl (C=O) groups excluding carboxylic acids is 1. The summed E-state index contributed by atoms with van der Waals surface area (Å²) in [6.45, 7) is 2.18. The molecule has 1 rings (SSSR count). The average molecular weight is 276 g/mol. The Kier molecular flexibility index (Phi) is 9.03. The summed E-state index contributed by atoms with van der Waals surface area (Å²) in [6, 6.07) is 10.6. The molecule has 20 heavy (non-hydrogen) atoms. The molecule has 0 spiro atoms. The molecule has 0 N–H and O–H groups in total. The predicted molar refractivity (Wildman–Crippen MR) is 80.3 cm³/mol. The minimum absolute atomic E-state index is 0.00164. The van der Waals surface area contributed by atoms with Crippen LogP contribution in [0.15, 0.2) is 42.7 Å². The first-order valence-electron chi connectivity index (χ1n) is 7.29. The van der Waals surface area contributed by atoms with E-state index >= 15 is 0 Å². The fraction of sp³-hybridized carbons (Fsp3) is 0.471. The quantitative estimate of drug-likeness (QED) is 0.369. The number of rotatable bonds is 10. The average Bonchev–Trinajstić information content (AvgIpc) is 2.47. The molecule has 0 bridgehead atoms.